The Balaban J connectivity index is 1.89. The minimum atomic E-state index is -0.997. The van der Waals surface area contributed by atoms with Gasteiger partial charge in [-0.15, -0.1) is 0 Å². The number of benzene rings is 1. The number of nitrogens with zero attached hydrogens (tertiary/aromatic N) is 4. The highest BCUT2D eigenvalue weighted by molar-refractivity contribution is 5.54. The second-order valence-electron chi connectivity index (χ2n) is 5.03. The van der Waals surface area contributed by atoms with E-state index >= 15 is 0 Å². The maximum Gasteiger partial charge on any atom is 0.256 e. The molecule has 1 aromatic carbocycles. The molecular weight excluding hydrogens is 306 g/mol. The highest BCUT2D eigenvalue weighted by Crippen LogP contribution is 2.18. The van der Waals surface area contributed by atoms with Crippen molar-refractivity contribution in [2.45, 2.75) is 20.4 Å². The molecule has 0 amide bonds. The molecule has 118 valence electrons. The minimum Gasteiger partial charge on any atom is -0.337 e. The predicted molar refractivity (Wildman–Crippen MR) is 76.7 cm³/mol. The fraction of sp³-hybridized carbons (Fsp3) is 0.200. The summed E-state index contributed by atoms with van der Waals surface area (Å²) in [6.07, 6.45) is 1.39. The van der Waals surface area contributed by atoms with Crippen LogP contribution in [-0.2, 0) is 6.54 Å². The van der Waals surface area contributed by atoms with Gasteiger partial charge in [0.05, 0.1) is 6.33 Å². The summed E-state index contributed by atoms with van der Waals surface area (Å²) in [4.78, 5) is 20.3. The van der Waals surface area contributed by atoms with Crippen molar-refractivity contribution in [1.29, 1.82) is 0 Å². The lowest BCUT2D eigenvalue weighted by Gasteiger charge is -2.04. The highest BCUT2D eigenvalue weighted by atomic mass is 19.2. The van der Waals surface area contributed by atoms with Crippen molar-refractivity contribution in [2.24, 2.45) is 0 Å². The molecule has 0 radical (unpaired) electrons. The zero-order valence-corrected chi connectivity index (χ0v) is 12.4. The molecule has 0 aliphatic heterocycles. The van der Waals surface area contributed by atoms with Crippen LogP contribution in [0.15, 0.2) is 33.8 Å². The largest absolute Gasteiger partial charge is 0.337 e. The average molecular weight is 318 g/mol. The summed E-state index contributed by atoms with van der Waals surface area (Å²) in [5.41, 5.74) is 1.27. The van der Waals surface area contributed by atoms with Crippen LogP contribution in [0.25, 0.3) is 11.4 Å². The molecule has 0 saturated carbocycles. The Labute approximate surface area is 129 Å². The van der Waals surface area contributed by atoms with Gasteiger partial charge in [-0.1, -0.05) is 5.16 Å². The van der Waals surface area contributed by atoms with Gasteiger partial charge in [-0.25, -0.2) is 13.8 Å². The monoisotopic (exact) mass is 318 g/mol. The third-order valence-corrected chi connectivity index (χ3v) is 3.47. The van der Waals surface area contributed by atoms with Crippen LogP contribution in [0.3, 0.4) is 0 Å². The second kappa shape index (κ2) is 5.71. The molecule has 0 spiro atoms. The molecular formula is C15H12F2N4O2. The summed E-state index contributed by atoms with van der Waals surface area (Å²) < 4.78 is 32.6. The smallest absolute Gasteiger partial charge is 0.256 e. The number of aromatic nitrogens is 4. The lowest BCUT2D eigenvalue weighted by atomic mass is 10.2. The standard InChI is InChI=1S/C15H12F2N4O2/c1-8-9(2)18-7-21(15(8)22)6-13-19-14(20-23-13)10-3-4-11(16)12(17)5-10/h3-5,7H,6H2,1-2H3. The maximum atomic E-state index is 13.2. The maximum absolute atomic E-state index is 13.2. The van der Waals surface area contributed by atoms with Gasteiger partial charge in [0.1, 0.15) is 6.54 Å². The van der Waals surface area contributed by atoms with Crippen LogP contribution in [0, 0.1) is 25.5 Å². The Morgan fingerprint density at radius 3 is 2.74 bits per heavy atom. The van der Waals surface area contributed by atoms with Gasteiger partial charge in [0.15, 0.2) is 11.6 Å². The van der Waals surface area contributed by atoms with E-state index in [0.29, 0.717) is 11.3 Å². The van der Waals surface area contributed by atoms with Gasteiger partial charge in [-0.3, -0.25) is 9.36 Å². The molecule has 0 bridgehead atoms. The lowest BCUT2D eigenvalue weighted by molar-refractivity contribution is 0.369. The Kier molecular flexibility index (Phi) is 3.73. The summed E-state index contributed by atoms with van der Waals surface area (Å²) in [6, 6.07) is 3.31. The van der Waals surface area contributed by atoms with Gasteiger partial charge in [0, 0.05) is 16.8 Å². The number of halogens is 2. The fourth-order valence-electron chi connectivity index (χ4n) is 2.01. The minimum absolute atomic E-state index is 0.0453. The van der Waals surface area contributed by atoms with Crippen LogP contribution >= 0.6 is 0 Å². The lowest BCUT2D eigenvalue weighted by Crippen LogP contribution is -2.24. The Morgan fingerprint density at radius 1 is 1.22 bits per heavy atom. The van der Waals surface area contributed by atoms with Crippen molar-refractivity contribution in [3.05, 3.63) is 63.7 Å². The molecule has 0 N–H and O–H groups in total. The van der Waals surface area contributed by atoms with Crippen LogP contribution in [0.1, 0.15) is 17.1 Å². The second-order valence-corrected chi connectivity index (χ2v) is 5.03. The van der Waals surface area contributed by atoms with Crippen LogP contribution < -0.4 is 5.56 Å². The first-order chi connectivity index (χ1) is 11.0. The molecule has 0 aliphatic carbocycles. The summed E-state index contributed by atoms with van der Waals surface area (Å²) in [5, 5.41) is 3.71. The first-order valence-corrected chi connectivity index (χ1v) is 6.76. The molecule has 6 nitrogen and oxygen atoms in total. The topological polar surface area (TPSA) is 73.8 Å². The Bertz CT molecular complexity index is 933. The Morgan fingerprint density at radius 2 is 2.00 bits per heavy atom. The van der Waals surface area contributed by atoms with Crippen molar-refractivity contribution in [3.63, 3.8) is 0 Å². The Hall–Kier alpha value is -2.90. The van der Waals surface area contributed by atoms with Crippen LogP contribution in [-0.4, -0.2) is 19.7 Å². The van der Waals surface area contributed by atoms with E-state index in [9.17, 15) is 13.6 Å². The normalized spacial score (nSPS) is 11.0. The number of aryl methyl sites for hydroxylation is 1. The van der Waals surface area contributed by atoms with E-state index in [1.54, 1.807) is 13.8 Å². The van der Waals surface area contributed by atoms with E-state index in [4.69, 9.17) is 4.52 Å². The first-order valence-electron chi connectivity index (χ1n) is 6.76. The van der Waals surface area contributed by atoms with E-state index in [1.807, 2.05) is 0 Å². The SMILES string of the molecule is Cc1ncn(Cc2nc(-c3ccc(F)c(F)c3)no2)c(=O)c1C. The van der Waals surface area contributed by atoms with Crippen LogP contribution in [0.5, 0.6) is 0 Å². The highest BCUT2D eigenvalue weighted by Gasteiger charge is 2.13. The van der Waals surface area contributed by atoms with E-state index in [1.165, 1.54) is 17.0 Å². The zero-order valence-electron chi connectivity index (χ0n) is 12.4. The van der Waals surface area contributed by atoms with Crippen molar-refractivity contribution in [3.8, 4) is 11.4 Å². The number of hydrogen-bond donors (Lipinski definition) is 0. The van der Waals surface area contributed by atoms with Gasteiger partial charge >= 0.3 is 0 Å². The molecule has 0 atom stereocenters. The van der Waals surface area contributed by atoms with Gasteiger partial charge in [-0.05, 0) is 32.0 Å². The van der Waals surface area contributed by atoms with E-state index in [-0.39, 0.29) is 29.4 Å². The van der Waals surface area contributed by atoms with Crippen LogP contribution in [0.2, 0.25) is 0 Å². The molecule has 0 aliphatic rings. The average Bonchev–Trinajstić information content (AvgIpc) is 2.99. The summed E-state index contributed by atoms with van der Waals surface area (Å²) >= 11 is 0. The number of rotatable bonds is 3. The van der Waals surface area contributed by atoms with E-state index in [0.717, 1.165) is 12.1 Å². The quantitative estimate of drug-likeness (QED) is 0.740. The molecule has 0 fully saturated rings. The molecule has 0 saturated heterocycles. The van der Waals surface area contributed by atoms with Gasteiger partial charge in [0.25, 0.3) is 5.56 Å². The molecule has 3 rings (SSSR count). The van der Waals surface area contributed by atoms with Gasteiger partial charge in [0.2, 0.25) is 11.7 Å². The summed E-state index contributed by atoms with van der Waals surface area (Å²) in [7, 11) is 0. The van der Waals surface area contributed by atoms with Crippen LogP contribution in [0.4, 0.5) is 8.78 Å². The van der Waals surface area contributed by atoms with Crippen molar-refractivity contribution >= 4 is 0 Å². The van der Waals surface area contributed by atoms with E-state index < -0.39 is 11.6 Å². The molecule has 0 unspecified atom stereocenters. The third-order valence-electron chi connectivity index (χ3n) is 3.47. The molecule has 8 heteroatoms. The molecule has 2 aromatic heterocycles. The van der Waals surface area contributed by atoms with Crippen molar-refractivity contribution in [1.82, 2.24) is 19.7 Å². The molecule has 3 aromatic rings. The van der Waals surface area contributed by atoms with E-state index in [2.05, 4.69) is 15.1 Å². The van der Waals surface area contributed by atoms with Crippen molar-refractivity contribution < 1.29 is 13.3 Å². The zero-order chi connectivity index (χ0) is 16.6. The van der Waals surface area contributed by atoms with Gasteiger partial charge in [-0.2, -0.15) is 4.98 Å². The molecule has 2 heterocycles. The number of hydrogen-bond acceptors (Lipinski definition) is 5. The molecule has 23 heavy (non-hydrogen) atoms. The van der Waals surface area contributed by atoms with Gasteiger partial charge < -0.3 is 4.52 Å². The first kappa shape index (κ1) is 15.0. The summed E-state index contributed by atoms with van der Waals surface area (Å²) in [5.74, 6) is -1.67. The van der Waals surface area contributed by atoms with Crippen molar-refractivity contribution in [2.75, 3.05) is 0 Å². The fourth-order valence-corrected chi connectivity index (χ4v) is 2.01. The third kappa shape index (κ3) is 2.87. The predicted octanol–water partition coefficient (Wildman–Crippen LogP) is 2.24. The summed E-state index contributed by atoms with van der Waals surface area (Å²) in [6.45, 7) is 3.47.